The van der Waals surface area contributed by atoms with Gasteiger partial charge in [0.15, 0.2) is 11.8 Å². The number of hydrogen-bond donors (Lipinski definition) is 1. The second-order valence-electron chi connectivity index (χ2n) is 8.04. The summed E-state index contributed by atoms with van der Waals surface area (Å²) < 4.78 is 13.9. The van der Waals surface area contributed by atoms with Gasteiger partial charge in [-0.1, -0.05) is 24.3 Å². The van der Waals surface area contributed by atoms with E-state index < -0.39 is 0 Å². The molecule has 2 saturated heterocycles. The average Bonchev–Trinajstić information content (AvgIpc) is 3.39. The third kappa shape index (κ3) is 5.95. The van der Waals surface area contributed by atoms with Crippen molar-refractivity contribution in [1.82, 2.24) is 25.0 Å². The van der Waals surface area contributed by atoms with Gasteiger partial charge in [0, 0.05) is 26.7 Å². The Bertz CT molecular complexity index is 881. The highest BCUT2D eigenvalue weighted by atomic mass is 127. The van der Waals surface area contributed by atoms with Crippen molar-refractivity contribution in [3.8, 4) is 0 Å². The Kier molecular flexibility index (Phi) is 8.67. The summed E-state index contributed by atoms with van der Waals surface area (Å²) in [4.78, 5) is 7.19. The van der Waals surface area contributed by atoms with Gasteiger partial charge in [0.1, 0.15) is 18.5 Å². The quantitative estimate of drug-likeness (QED) is 0.357. The van der Waals surface area contributed by atoms with Crippen molar-refractivity contribution in [3.63, 3.8) is 0 Å². The van der Waals surface area contributed by atoms with Crippen LogP contribution in [0.25, 0.3) is 0 Å². The molecule has 0 aliphatic carbocycles. The summed E-state index contributed by atoms with van der Waals surface area (Å²) >= 11 is 0. The number of benzene rings is 1. The highest BCUT2D eigenvalue weighted by Gasteiger charge is 2.26. The summed E-state index contributed by atoms with van der Waals surface area (Å²) in [6.45, 7) is 8.43. The molecule has 2 aliphatic rings. The predicted molar refractivity (Wildman–Crippen MR) is 131 cm³/mol. The number of aromatic nitrogens is 3. The number of nitrogens with zero attached hydrogens (tertiary/aromatic N) is 5. The maximum Gasteiger partial charge on any atom is 0.194 e. The summed E-state index contributed by atoms with van der Waals surface area (Å²) in [6.07, 6.45) is 2.51. The van der Waals surface area contributed by atoms with Crippen LogP contribution < -0.4 is 5.32 Å². The standard InChI is InChI=1S/C22H32N6O2.HI/c1-16-7-4-5-9-19(16)20-15-28(10-12-30-20)22(23-13-18-8-6-11-29-18)24-14-21-26-25-17(2)27(21)3;/h4-5,7,9,18,20H,6,8,10-15H2,1-3H3,(H,23,24);1H. The van der Waals surface area contributed by atoms with Crippen molar-refractivity contribution in [2.45, 2.75) is 45.4 Å². The molecule has 0 spiro atoms. The number of aryl methyl sites for hydroxylation is 2. The molecule has 4 rings (SSSR count). The molecule has 170 valence electrons. The Morgan fingerprint density at radius 2 is 2.03 bits per heavy atom. The topological polar surface area (TPSA) is 76.8 Å². The number of aliphatic imine (C=N–C) groups is 1. The second-order valence-corrected chi connectivity index (χ2v) is 8.04. The third-order valence-corrected chi connectivity index (χ3v) is 5.97. The van der Waals surface area contributed by atoms with E-state index in [2.05, 4.69) is 51.6 Å². The van der Waals surface area contributed by atoms with Gasteiger partial charge in [0.05, 0.1) is 19.3 Å². The van der Waals surface area contributed by atoms with Gasteiger partial charge in [-0.2, -0.15) is 0 Å². The number of rotatable bonds is 5. The van der Waals surface area contributed by atoms with Crippen molar-refractivity contribution in [3.05, 3.63) is 47.0 Å². The summed E-state index contributed by atoms with van der Waals surface area (Å²) in [7, 11) is 1.97. The fraction of sp³-hybridized carbons (Fsp3) is 0.591. The van der Waals surface area contributed by atoms with Crippen molar-refractivity contribution >= 4 is 29.9 Å². The molecular weight excluding hydrogens is 507 g/mol. The summed E-state index contributed by atoms with van der Waals surface area (Å²) in [5.41, 5.74) is 2.49. The zero-order valence-electron chi connectivity index (χ0n) is 18.6. The van der Waals surface area contributed by atoms with E-state index in [4.69, 9.17) is 14.5 Å². The lowest BCUT2D eigenvalue weighted by Crippen LogP contribution is -2.49. The molecule has 0 radical (unpaired) electrons. The van der Waals surface area contributed by atoms with E-state index in [1.807, 2.05) is 18.5 Å². The number of nitrogens with one attached hydrogen (secondary N) is 1. The Hall–Kier alpha value is -1.72. The van der Waals surface area contributed by atoms with Gasteiger partial charge in [-0.25, -0.2) is 4.99 Å². The lowest BCUT2D eigenvalue weighted by molar-refractivity contribution is -0.00862. The van der Waals surface area contributed by atoms with Crippen molar-refractivity contribution in [2.75, 3.05) is 32.8 Å². The first kappa shape index (κ1) is 23.9. The molecular formula is C22H33IN6O2. The largest absolute Gasteiger partial charge is 0.376 e. The van der Waals surface area contributed by atoms with Crippen LogP contribution in [0.1, 0.15) is 41.7 Å². The summed E-state index contributed by atoms with van der Waals surface area (Å²) in [5, 5.41) is 12.0. The first-order valence-electron chi connectivity index (χ1n) is 10.8. The predicted octanol–water partition coefficient (Wildman–Crippen LogP) is 2.75. The van der Waals surface area contributed by atoms with Gasteiger partial charge in [-0.3, -0.25) is 0 Å². The van der Waals surface area contributed by atoms with Crippen LogP contribution in [0.3, 0.4) is 0 Å². The number of hydrogen-bond acceptors (Lipinski definition) is 5. The second kappa shape index (κ2) is 11.2. The minimum absolute atomic E-state index is 0. The molecule has 0 amide bonds. The number of morpholine rings is 1. The molecule has 1 aromatic heterocycles. The van der Waals surface area contributed by atoms with Gasteiger partial charge in [-0.05, 0) is 37.8 Å². The maximum absolute atomic E-state index is 6.11. The molecule has 2 atom stereocenters. The normalized spacial score (nSPS) is 21.8. The van der Waals surface area contributed by atoms with Crippen LogP contribution in [0, 0.1) is 13.8 Å². The maximum atomic E-state index is 6.11. The molecule has 9 heteroatoms. The molecule has 2 unspecified atom stereocenters. The first-order chi connectivity index (χ1) is 14.6. The fourth-order valence-corrected chi connectivity index (χ4v) is 3.99. The van der Waals surface area contributed by atoms with Gasteiger partial charge >= 0.3 is 0 Å². The minimum Gasteiger partial charge on any atom is -0.376 e. The Balaban J connectivity index is 0.00000272. The van der Waals surface area contributed by atoms with Gasteiger partial charge < -0.3 is 24.3 Å². The highest BCUT2D eigenvalue weighted by molar-refractivity contribution is 14.0. The van der Waals surface area contributed by atoms with Crippen LogP contribution in [-0.4, -0.2) is 64.6 Å². The Labute approximate surface area is 201 Å². The van der Waals surface area contributed by atoms with E-state index in [0.717, 1.165) is 56.7 Å². The highest BCUT2D eigenvalue weighted by Crippen LogP contribution is 2.25. The van der Waals surface area contributed by atoms with E-state index in [1.54, 1.807) is 0 Å². The molecule has 2 aromatic rings. The smallest absolute Gasteiger partial charge is 0.194 e. The molecule has 0 saturated carbocycles. The Morgan fingerprint density at radius 3 is 2.74 bits per heavy atom. The molecule has 1 N–H and O–H groups in total. The van der Waals surface area contributed by atoms with Gasteiger partial charge in [-0.15, -0.1) is 34.2 Å². The van der Waals surface area contributed by atoms with Crippen molar-refractivity contribution < 1.29 is 9.47 Å². The molecule has 8 nitrogen and oxygen atoms in total. The molecule has 3 heterocycles. The van der Waals surface area contributed by atoms with Crippen LogP contribution in [0.15, 0.2) is 29.3 Å². The molecule has 1 aromatic carbocycles. The summed E-state index contributed by atoms with van der Waals surface area (Å²) in [5.74, 6) is 2.63. The fourth-order valence-electron chi connectivity index (χ4n) is 3.99. The van der Waals surface area contributed by atoms with Gasteiger partial charge in [0.2, 0.25) is 0 Å². The lowest BCUT2D eigenvalue weighted by atomic mass is 10.0. The first-order valence-corrected chi connectivity index (χ1v) is 10.8. The van der Waals surface area contributed by atoms with E-state index in [1.165, 1.54) is 11.1 Å². The zero-order chi connectivity index (χ0) is 20.9. The van der Waals surface area contributed by atoms with Crippen LogP contribution in [0.2, 0.25) is 0 Å². The Morgan fingerprint density at radius 1 is 1.19 bits per heavy atom. The molecule has 2 fully saturated rings. The van der Waals surface area contributed by atoms with Crippen molar-refractivity contribution in [1.29, 1.82) is 0 Å². The van der Waals surface area contributed by atoms with Gasteiger partial charge in [0.25, 0.3) is 0 Å². The van der Waals surface area contributed by atoms with E-state index in [-0.39, 0.29) is 36.2 Å². The minimum atomic E-state index is 0. The van der Waals surface area contributed by atoms with E-state index in [0.29, 0.717) is 13.2 Å². The molecule has 2 aliphatic heterocycles. The summed E-state index contributed by atoms with van der Waals surface area (Å²) in [6, 6.07) is 8.44. The zero-order valence-corrected chi connectivity index (χ0v) is 20.9. The monoisotopic (exact) mass is 540 g/mol. The van der Waals surface area contributed by atoms with Crippen molar-refractivity contribution in [2.24, 2.45) is 12.0 Å². The SMILES string of the molecule is Cc1ccccc1C1CN(C(=NCc2nnc(C)n2C)NCC2CCCO2)CCO1.I. The average molecular weight is 540 g/mol. The van der Waals surface area contributed by atoms with Crippen LogP contribution >= 0.6 is 24.0 Å². The lowest BCUT2D eigenvalue weighted by Gasteiger charge is -2.36. The number of ether oxygens (including phenoxy) is 2. The third-order valence-electron chi connectivity index (χ3n) is 5.97. The number of guanidine groups is 1. The van der Waals surface area contributed by atoms with E-state index in [9.17, 15) is 0 Å². The van der Waals surface area contributed by atoms with Crippen LogP contribution in [-0.2, 0) is 23.1 Å². The van der Waals surface area contributed by atoms with E-state index >= 15 is 0 Å². The van der Waals surface area contributed by atoms with Crippen LogP contribution in [0.4, 0.5) is 0 Å². The number of halogens is 1. The molecule has 0 bridgehead atoms. The molecule has 31 heavy (non-hydrogen) atoms. The van der Waals surface area contributed by atoms with Crippen LogP contribution in [0.5, 0.6) is 0 Å².